The number of amides is 2. The summed E-state index contributed by atoms with van der Waals surface area (Å²) in [6.45, 7) is 1.06. The summed E-state index contributed by atoms with van der Waals surface area (Å²) >= 11 is 0. The minimum absolute atomic E-state index is 0.110. The maximum atomic E-state index is 13.9. The van der Waals surface area contributed by atoms with Gasteiger partial charge >= 0.3 is 0 Å². The van der Waals surface area contributed by atoms with Gasteiger partial charge in [-0.3, -0.25) is 9.59 Å². The van der Waals surface area contributed by atoms with Crippen LogP contribution >= 0.6 is 0 Å². The number of hydrogen-bond donors (Lipinski definition) is 2. The molecule has 1 fully saturated rings. The number of benzene rings is 3. The van der Waals surface area contributed by atoms with E-state index < -0.39 is 18.4 Å². The molecular weight excluding hydrogens is 518 g/mol. The summed E-state index contributed by atoms with van der Waals surface area (Å²) in [5, 5.41) is 12.5. The number of carbonyl (C=O) groups excluding carboxylic acids is 2. The van der Waals surface area contributed by atoms with Crippen molar-refractivity contribution in [3.05, 3.63) is 95.1 Å². The highest BCUT2D eigenvalue weighted by Crippen LogP contribution is 2.31. The van der Waals surface area contributed by atoms with Gasteiger partial charge in [0.25, 0.3) is 6.43 Å². The largest absolute Gasteiger partial charge is 0.508 e. The van der Waals surface area contributed by atoms with Crippen LogP contribution in [0.3, 0.4) is 0 Å². The quantitative estimate of drug-likeness (QED) is 0.336. The van der Waals surface area contributed by atoms with E-state index in [4.69, 9.17) is 9.47 Å². The molecular formula is C31H34F2N2O5. The third kappa shape index (κ3) is 7.57. The third-order valence-corrected chi connectivity index (χ3v) is 7.07. The fourth-order valence-electron chi connectivity index (χ4n) is 4.90. The molecule has 9 heteroatoms. The van der Waals surface area contributed by atoms with Gasteiger partial charge in [0.15, 0.2) is 0 Å². The fraction of sp³-hybridized carbons (Fsp3) is 0.355. The van der Waals surface area contributed by atoms with Crippen LogP contribution in [0, 0.1) is 0 Å². The van der Waals surface area contributed by atoms with Gasteiger partial charge in [-0.1, -0.05) is 42.5 Å². The smallest absolute Gasteiger partial charge is 0.263 e. The van der Waals surface area contributed by atoms with Gasteiger partial charge in [-0.25, -0.2) is 8.78 Å². The van der Waals surface area contributed by atoms with E-state index in [0.717, 1.165) is 11.1 Å². The molecule has 3 aromatic rings. The number of alkyl halides is 2. The Kier molecular flexibility index (Phi) is 10.1. The average Bonchev–Trinajstić information content (AvgIpc) is 2.99. The van der Waals surface area contributed by atoms with Crippen LogP contribution in [0.1, 0.15) is 54.0 Å². The van der Waals surface area contributed by atoms with Crippen molar-refractivity contribution in [3.63, 3.8) is 0 Å². The van der Waals surface area contributed by atoms with E-state index >= 15 is 0 Å². The number of rotatable bonds is 11. The van der Waals surface area contributed by atoms with Crippen molar-refractivity contribution in [1.82, 2.24) is 10.2 Å². The lowest BCUT2D eigenvalue weighted by atomic mass is 9.96. The molecule has 0 bridgehead atoms. The van der Waals surface area contributed by atoms with Crippen LogP contribution in [0.4, 0.5) is 8.78 Å². The third-order valence-electron chi connectivity index (χ3n) is 7.07. The number of phenolic OH excluding ortho intramolecular Hbond substituents is 1. The lowest BCUT2D eigenvalue weighted by Crippen LogP contribution is -2.50. The van der Waals surface area contributed by atoms with Crippen LogP contribution in [-0.4, -0.2) is 48.2 Å². The Morgan fingerprint density at radius 2 is 1.65 bits per heavy atom. The first-order chi connectivity index (χ1) is 19.4. The van der Waals surface area contributed by atoms with Gasteiger partial charge in [0.2, 0.25) is 11.8 Å². The van der Waals surface area contributed by atoms with Crippen LogP contribution in [0.15, 0.2) is 72.8 Å². The summed E-state index contributed by atoms with van der Waals surface area (Å²) in [5.74, 6) is 0.104. The first-order valence-electron chi connectivity index (χ1n) is 13.3. The van der Waals surface area contributed by atoms with Crippen molar-refractivity contribution < 1.29 is 33.0 Å². The Morgan fingerprint density at radius 3 is 2.30 bits per heavy atom. The number of phenols is 1. The van der Waals surface area contributed by atoms with Gasteiger partial charge in [0.1, 0.15) is 17.5 Å². The van der Waals surface area contributed by atoms with Crippen molar-refractivity contribution in [3.8, 4) is 11.5 Å². The molecule has 7 nitrogen and oxygen atoms in total. The average molecular weight is 553 g/mol. The minimum Gasteiger partial charge on any atom is -0.508 e. The molecule has 1 aliphatic heterocycles. The number of aryl methyl sites for hydroxylation is 1. The number of aromatic hydroxyl groups is 1. The summed E-state index contributed by atoms with van der Waals surface area (Å²) in [6.07, 6.45) is -1.15. The van der Waals surface area contributed by atoms with Crippen molar-refractivity contribution in [2.24, 2.45) is 0 Å². The predicted octanol–water partition coefficient (Wildman–Crippen LogP) is 5.34. The maximum Gasteiger partial charge on any atom is 0.263 e. The molecule has 1 saturated heterocycles. The van der Waals surface area contributed by atoms with Crippen LogP contribution < -0.4 is 10.1 Å². The van der Waals surface area contributed by atoms with E-state index in [2.05, 4.69) is 5.32 Å². The first kappa shape index (κ1) is 29.0. The van der Waals surface area contributed by atoms with Crippen molar-refractivity contribution >= 4 is 11.8 Å². The second kappa shape index (κ2) is 13.9. The van der Waals surface area contributed by atoms with Gasteiger partial charge in [-0.2, -0.15) is 0 Å². The molecule has 0 radical (unpaired) electrons. The molecule has 1 aliphatic rings. The lowest BCUT2D eigenvalue weighted by Gasteiger charge is -2.39. The normalized spacial score (nSPS) is 14.5. The van der Waals surface area contributed by atoms with Gasteiger partial charge in [-0.05, 0) is 66.3 Å². The zero-order valence-electron chi connectivity index (χ0n) is 22.4. The molecule has 3 aromatic carbocycles. The zero-order chi connectivity index (χ0) is 28.5. The van der Waals surface area contributed by atoms with E-state index in [1.807, 2.05) is 12.1 Å². The fourth-order valence-corrected chi connectivity index (χ4v) is 4.90. The lowest BCUT2D eigenvalue weighted by molar-refractivity contribution is -0.146. The molecule has 4 rings (SSSR count). The van der Waals surface area contributed by atoms with Crippen molar-refractivity contribution in [1.29, 1.82) is 0 Å². The monoisotopic (exact) mass is 552 g/mol. The minimum atomic E-state index is -2.72. The van der Waals surface area contributed by atoms with Gasteiger partial charge in [-0.15, -0.1) is 0 Å². The molecule has 1 unspecified atom stereocenters. The number of carbonyl (C=O) groups is 2. The Hall–Kier alpha value is -3.98. The number of hydrogen-bond acceptors (Lipinski definition) is 5. The van der Waals surface area contributed by atoms with Crippen molar-refractivity contribution in [2.75, 3.05) is 20.3 Å². The Labute approximate surface area is 232 Å². The number of halogens is 2. The van der Waals surface area contributed by atoms with Crippen LogP contribution in [0.2, 0.25) is 0 Å². The van der Waals surface area contributed by atoms with Gasteiger partial charge < -0.3 is 24.8 Å². The highest BCUT2D eigenvalue weighted by atomic mass is 19.3. The summed E-state index contributed by atoms with van der Waals surface area (Å²) in [5.41, 5.74) is 1.80. The van der Waals surface area contributed by atoms with Crippen LogP contribution in [-0.2, 0) is 27.3 Å². The molecule has 40 heavy (non-hydrogen) atoms. The van der Waals surface area contributed by atoms with E-state index in [0.29, 0.717) is 43.8 Å². The molecule has 2 N–H and O–H groups in total. The number of ether oxygens (including phenoxy) is 2. The Bertz CT molecular complexity index is 1260. The first-order valence-corrected chi connectivity index (χ1v) is 13.3. The van der Waals surface area contributed by atoms with E-state index in [1.165, 1.54) is 18.2 Å². The molecule has 1 heterocycles. The van der Waals surface area contributed by atoms with E-state index in [-0.39, 0.29) is 36.2 Å². The van der Waals surface area contributed by atoms with E-state index in [1.54, 1.807) is 54.5 Å². The number of nitrogens with one attached hydrogen (secondary N) is 1. The summed E-state index contributed by atoms with van der Waals surface area (Å²) in [6, 6.07) is 18.1. The SMILES string of the molecule is COc1ccc(CNC(=O)C(c2cccc(C(F)F)c2)N(C(=O)CCc2ccc(O)cc2)C2CCOCC2)cc1. The topological polar surface area (TPSA) is 88.1 Å². The summed E-state index contributed by atoms with van der Waals surface area (Å²) in [4.78, 5) is 29.3. The molecule has 1 atom stereocenters. The highest BCUT2D eigenvalue weighted by molar-refractivity contribution is 5.89. The Balaban J connectivity index is 1.64. The maximum absolute atomic E-state index is 13.9. The van der Waals surface area contributed by atoms with Gasteiger partial charge in [0, 0.05) is 37.8 Å². The molecule has 0 aliphatic carbocycles. The molecule has 0 spiro atoms. The molecule has 2 amide bonds. The second-order valence-electron chi connectivity index (χ2n) is 9.75. The van der Waals surface area contributed by atoms with E-state index in [9.17, 15) is 23.5 Å². The zero-order valence-corrected chi connectivity index (χ0v) is 22.4. The predicted molar refractivity (Wildman–Crippen MR) is 146 cm³/mol. The number of nitrogens with zero attached hydrogens (tertiary/aromatic N) is 1. The second-order valence-corrected chi connectivity index (χ2v) is 9.75. The summed E-state index contributed by atoms with van der Waals surface area (Å²) < 4.78 is 38.0. The van der Waals surface area contributed by atoms with Crippen LogP contribution in [0.25, 0.3) is 0 Å². The molecule has 0 aromatic heterocycles. The Morgan fingerprint density at radius 1 is 1.00 bits per heavy atom. The summed E-state index contributed by atoms with van der Waals surface area (Å²) in [7, 11) is 1.57. The van der Waals surface area contributed by atoms with Gasteiger partial charge in [0.05, 0.1) is 7.11 Å². The highest BCUT2D eigenvalue weighted by Gasteiger charge is 2.37. The van der Waals surface area contributed by atoms with Crippen molar-refractivity contribution in [2.45, 2.75) is 50.7 Å². The van der Waals surface area contributed by atoms with Crippen LogP contribution in [0.5, 0.6) is 11.5 Å². The standard InChI is InChI=1S/C31H34F2N2O5/c1-39-27-12-7-22(8-13-27)20-34-31(38)29(23-3-2-4-24(19-23)30(32)33)35(25-15-17-40-18-16-25)28(37)14-9-21-5-10-26(36)11-6-21/h2-8,10-13,19,25,29-30,36H,9,14-18,20H2,1H3,(H,34,38). The molecule has 0 saturated carbocycles. The number of methoxy groups -OCH3 is 1. The molecule has 212 valence electrons.